The van der Waals surface area contributed by atoms with Gasteiger partial charge in [0.2, 0.25) is 0 Å². The maximum absolute atomic E-state index is 12.4. The second-order valence-electron chi connectivity index (χ2n) is 4.61. The summed E-state index contributed by atoms with van der Waals surface area (Å²) in [5.41, 5.74) is 6.46. The minimum Gasteiger partial charge on any atom is -0.337 e. The van der Waals surface area contributed by atoms with E-state index in [0.717, 1.165) is 21.7 Å². The van der Waals surface area contributed by atoms with Gasteiger partial charge in [0, 0.05) is 18.5 Å². The molecule has 5 heteroatoms. The summed E-state index contributed by atoms with van der Waals surface area (Å²) in [5.74, 6) is 5.92. The van der Waals surface area contributed by atoms with Crippen molar-refractivity contribution in [2.24, 2.45) is 5.73 Å². The van der Waals surface area contributed by atoms with Crippen LogP contribution in [-0.4, -0.2) is 24.4 Å². The van der Waals surface area contributed by atoms with Gasteiger partial charge in [0.1, 0.15) is 0 Å². The van der Waals surface area contributed by atoms with Crippen LogP contribution in [0.3, 0.4) is 0 Å². The molecule has 0 unspecified atom stereocenters. The molecule has 0 aliphatic rings. The van der Waals surface area contributed by atoms with Crippen molar-refractivity contribution in [3.63, 3.8) is 0 Å². The van der Waals surface area contributed by atoms with E-state index in [4.69, 9.17) is 5.73 Å². The minimum absolute atomic E-state index is 0.0699. The van der Waals surface area contributed by atoms with E-state index in [9.17, 15) is 4.79 Å². The van der Waals surface area contributed by atoms with Gasteiger partial charge in [-0.3, -0.25) is 4.79 Å². The number of nitrogens with two attached hydrogens (primary N) is 1. The lowest BCUT2D eigenvalue weighted by atomic mass is 10.3. The van der Waals surface area contributed by atoms with Crippen molar-refractivity contribution in [3.8, 4) is 11.8 Å². The Bertz CT molecular complexity index is 676. The van der Waals surface area contributed by atoms with Crippen molar-refractivity contribution in [1.29, 1.82) is 0 Å². The topological polar surface area (TPSA) is 46.3 Å². The number of nitrogens with zero attached hydrogens (tertiary/aromatic N) is 1. The third kappa shape index (κ3) is 4.18. The fourth-order valence-corrected chi connectivity index (χ4v) is 3.59. The van der Waals surface area contributed by atoms with Gasteiger partial charge in [-0.1, -0.05) is 18.8 Å². The summed E-state index contributed by atoms with van der Waals surface area (Å²) in [5, 5.41) is 2.04. The maximum atomic E-state index is 12.4. The molecule has 0 aliphatic carbocycles. The SMILES string of the molecule is CCc1ccc(C(=O)N(C)Cc2csc(C#CCN)c2)s1. The van der Waals surface area contributed by atoms with Crippen LogP contribution in [0.15, 0.2) is 23.6 Å². The molecule has 21 heavy (non-hydrogen) atoms. The molecule has 110 valence electrons. The molecular formula is C16H18N2OS2. The van der Waals surface area contributed by atoms with Gasteiger partial charge in [-0.05, 0) is 35.6 Å². The average Bonchev–Trinajstić information content (AvgIpc) is 3.13. The minimum atomic E-state index is 0.0699. The molecule has 1 amide bonds. The summed E-state index contributed by atoms with van der Waals surface area (Å²) in [7, 11) is 1.83. The van der Waals surface area contributed by atoms with E-state index in [2.05, 4.69) is 18.8 Å². The third-order valence-corrected chi connectivity index (χ3v) is 5.07. The van der Waals surface area contributed by atoms with Crippen molar-refractivity contribution in [3.05, 3.63) is 43.8 Å². The van der Waals surface area contributed by atoms with E-state index < -0.39 is 0 Å². The summed E-state index contributed by atoms with van der Waals surface area (Å²) in [6.45, 7) is 3.06. The Hall–Kier alpha value is -1.61. The molecule has 2 N–H and O–H groups in total. The molecule has 2 aromatic heterocycles. The Morgan fingerprint density at radius 3 is 2.90 bits per heavy atom. The van der Waals surface area contributed by atoms with Crippen LogP contribution in [0.4, 0.5) is 0 Å². The van der Waals surface area contributed by atoms with Gasteiger partial charge in [-0.15, -0.1) is 22.7 Å². The summed E-state index contributed by atoms with van der Waals surface area (Å²) in [4.78, 5) is 17.1. The Balaban J connectivity index is 2.01. The van der Waals surface area contributed by atoms with E-state index in [1.807, 2.05) is 30.6 Å². The normalized spacial score (nSPS) is 10.0. The summed E-state index contributed by atoms with van der Waals surface area (Å²) in [6, 6.07) is 5.95. The number of aryl methyl sites for hydroxylation is 1. The van der Waals surface area contributed by atoms with Crippen LogP contribution in [0.1, 0.15) is 31.9 Å². The molecule has 3 nitrogen and oxygen atoms in total. The van der Waals surface area contributed by atoms with Crippen LogP contribution >= 0.6 is 22.7 Å². The van der Waals surface area contributed by atoms with Crippen molar-refractivity contribution in [1.82, 2.24) is 4.90 Å². The van der Waals surface area contributed by atoms with Crippen LogP contribution in [0.2, 0.25) is 0 Å². The second-order valence-corrected chi connectivity index (χ2v) is 6.69. The zero-order valence-corrected chi connectivity index (χ0v) is 13.8. The fraction of sp³-hybridized carbons (Fsp3) is 0.312. The van der Waals surface area contributed by atoms with Gasteiger partial charge in [0.15, 0.2) is 0 Å². The monoisotopic (exact) mass is 318 g/mol. The van der Waals surface area contributed by atoms with Crippen molar-refractivity contribution >= 4 is 28.6 Å². The highest BCUT2D eigenvalue weighted by molar-refractivity contribution is 7.14. The molecule has 0 spiro atoms. The van der Waals surface area contributed by atoms with Crippen LogP contribution in [0, 0.1) is 11.8 Å². The summed E-state index contributed by atoms with van der Waals surface area (Å²) >= 11 is 3.15. The zero-order chi connectivity index (χ0) is 15.2. The largest absolute Gasteiger partial charge is 0.337 e. The Morgan fingerprint density at radius 2 is 2.24 bits per heavy atom. The molecule has 2 rings (SSSR count). The molecule has 0 bridgehead atoms. The number of hydrogen-bond acceptors (Lipinski definition) is 4. The van der Waals surface area contributed by atoms with E-state index in [0.29, 0.717) is 13.1 Å². The third-order valence-electron chi connectivity index (χ3n) is 2.95. The number of amides is 1. The molecule has 0 aliphatic heterocycles. The first kappa shape index (κ1) is 15.8. The van der Waals surface area contributed by atoms with Gasteiger partial charge in [0.25, 0.3) is 5.91 Å². The Labute approximate surface area is 133 Å². The van der Waals surface area contributed by atoms with Crippen LogP contribution in [0.5, 0.6) is 0 Å². The van der Waals surface area contributed by atoms with Crippen LogP contribution in [-0.2, 0) is 13.0 Å². The molecule has 2 aromatic rings. The highest BCUT2D eigenvalue weighted by Crippen LogP contribution is 2.20. The predicted molar refractivity (Wildman–Crippen MR) is 89.7 cm³/mol. The van der Waals surface area contributed by atoms with E-state index in [-0.39, 0.29) is 5.91 Å². The molecule has 0 saturated heterocycles. The quantitative estimate of drug-likeness (QED) is 0.881. The molecule has 0 atom stereocenters. The molecule has 0 radical (unpaired) electrons. The first-order chi connectivity index (χ1) is 10.1. The number of carbonyl (C=O) groups excluding carboxylic acids is 1. The lowest BCUT2D eigenvalue weighted by molar-refractivity contribution is 0.0790. The average molecular weight is 318 g/mol. The first-order valence-corrected chi connectivity index (χ1v) is 8.44. The zero-order valence-electron chi connectivity index (χ0n) is 12.2. The van der Waals surface area contributed by atoms with E-state index >= 15 is 0 Å². The van der Waals surface area contributed by atoms with Gasteiger partial charge in [-0.2, -0.15) is 0 Å². The summed E-state index contributed by atoms with van der Waals surface area (Å²) < 4.78 is 0. The molecule has 2 heterocycles. The molecule has 0 aromatic carbocycles. The number of rotatable bonds is 4. The predicted octanol–water partition coefficient (Wildman–Crippen LogP) is 2.95. The van der Waals surface area contributed by atoms with Crippen LogP contribution in [0.25, 0.3) is 0 Å². The number of thiophene rings is 2. The fourth-order valence-electron chi connectivity index (χ4n) is 1.88. The van der Waals surface area contributed by atoms with E-state index in [1.165, 1.54) is 4.88 Å². The first-order valence-electron chi connectivity index (χ1n) is 6.74. The van der Waals surface area contributed by atoms with Gasteiger partial charge in [-0.25, -0.2) is 0 Å². The smallest absolute Gasteiger partial charge is 0.263 e. The standard InChI is InChI=1S/C16H18N2OS2/c1-3-13-6-7-15(21-13)16(19)18(2)10-12-9-14(20-11-12)5-4-8-17/h6-7,9,11H,3,8,10,17H2,1-2H3. The number of carbonyl (C=O) groups is 1. The molecular weight excluding hydrogens is 300 g/mol. The number of hydrogen-bond donors (Lipinski definition) is 1. The lowest BCUT2D eigenvalue weighted by Crippen LogP contribution is -2.25. The van der Waals surface area contributed by atoms with Gasteiger partial charge >= 0.3 is 0 Å². The summed E-state index contributed by atoms with van der Waals surface area (Å²) in [6.07, 6.45) is 0.968. The second kappa shape index (κ2) is 7.41. The van der Waals surface area contributed by atoms with Crippen molar-refractivity contribution in [2.45, 2.75) is 19.9 Å². The van der Waals surface area contributed by atoms with Gasteiger partial charge < -0.3 is 10.6 Å². The Kier molecular flexibility index (Phi) is 5.57. The molecule has 0 fully saturated rings. The lowest BCUT2D eigenvalue weighted by Gasteiger charge is -2.15. The molecule has 0 saturated carbocycles. The Morgan fingerprint density at radius 1 is 1.43 bits per heavy atom. The highest BCUT2D eigenvalue weighted by Gasteiger charge is 2.14. The van der Waals surface area contributed by atoms with Crippen LogP contribution < -0.4 is 5.73 Å². The van der Waals surface area contributed by atoms with Crippen molar-refractivity contribution in [2.75, 3.05) is 13.6 Å². The van der Waals surface area contributed by atoms with Gasteiger partial charge in [0.05, 0.1) is 16.3 Å². The van der Waals surface area contributed by atoms with E-state index in [1.54, 1.807) is 27.6 Å². The maximum Gasteiger partial charge on any atom is 0.263 e. The highest BCUT2D eigenvalue weighted by atomic mass is 32.1. The van der Waals surface area contributed by atoms with Crippen molar-refractivity contribution < 1.29 is 4.79 Å².